The number of rotatable bonds is 4. The number of para-hydroxylation sites is 3. The number of hydrogen-bond donors (Lipinski definition) is 0. The van der Waals surface area contributed by atoms with Crippen LogP contribution in [0.25, 0.3) is 83.6 Å². The van der Waals surface area contributed by atoms with E-state index < -0.39 is 6.04 Å². The molecule has 5 nitrogen and oxygen atoms in total. The van der Waals surface area contributed by atoms with Crippen molar-refractivity contribution in [2.24, 2.45) is 0 Å². The summed E-state index contributed by atoms with van der Waals surface area (Å²) in [5.41, 5.74) is 5.11. The summed E-state index contributed by atoms with van der Waals surface area (Å²) in [7, 11) is 0. The average molecular weight is 570 g/mol. The Hall–Kier alpha value is -6.07. The van der Waals surface area contributed by atoms with E-state index in [1.807, 2.05) is 78.9 Å². The summed E-state index contributed by atoms with van der Waals surface area (Å²) < 4.78 is 49.8. The average Bonchev–Trinajstić information content (AvgIpc) is 3.69. The van der Waals surface area contributed by atoms with Crippen LogP contribution in [0.1, 0.15) is 6.85 Å². The van der Waals surface area contributed by atoms with Gasteiger partial charge in [-0.05, 0) is 41.5 Å². The van der Waals surface area contributed by atoms with Crippen LogP contribution >= 0.6 is 0 Å². The lowest BCUT2D eigenvalue weighted by Gasteiger charge is -2.11. The Bertz CT molecular complexity index is 2710. The second kappa shape index (κ2) is 9.75. The highest BCUT2D eigenvalue weighted by atomic mass is 16.3. The predicted molar refractivity (Wildman–Crippen MR) is 178 cm³/mol. The number of hydrogen-bond acceptors (Lipinski definition) is 4. The summed E-state index contributed by atoms with van der Waals surface area (Å²) in [5.74, 6) is 1.41. The van der Waals surface area contributed by atoms with Gasteiger partial charge in [0.1, 0.15) is 11.2 Å². The van der Waals surface area contributed by atoms with Gasteiger partial charge >= 0.3 is 0 Å². The fourth-order valence-electron chi connectivity index (χ4n) is 5.96. The molecule has 0 spiro atoms. The molecule has 5 heteroatoms. The second-order valence-corrected chi connectivity index (χ2v) is 10.5. The first-order valence-corrected chi connectivity index (χ1v) is 14.2. The van der Waals surface area contributed by atoms with Crippen molar-refractivity contribution in [1.82, 2.24) is 19.5 Å². The smallest absolute Gasteiger partial charge is 0.238 e. The highest BCUT2D eigenvalue weighted by Gasteiger charge is 2.20. The lowest BCUT2D eigenvalue weighted by atomic mass is 10.0. The molecule has 3 aromatic heterocycles. The molecule has 3 heterocycles. The van der Waals surface area contributed by atoms with Gasteiger partial charge in [-0.2, -0.15) is 9.97 Å². The van der Waals surface area contributed by atoms with E-state index in [4.69, 9.17) is 26.2 Å². The van der Waals surface area contributed by atoms with Gasteiger partial charge in [0.15, 0.2) is 11.6 Å². The van der Waals surface area contributed by atoms with E-state index in [0.717, 1.165) is 38.1 Å². The zero-order chi connectivity index (χ0) is 33.4. The summed E-state index contributed by atoms with van der Waals surface area (Å²) in [4.78, 5) is 15.1. The van der Waals surface area contributed by atoms with Gasteiger partial charge in [0, 0.05) is 27.1 Å². The Balaban J connectivity index is 1.29. The molecule has 6 aromatic carbocycles. The Morgan fingerprint density at radius 1 is 0.523 bits per heavy atom. The topological polar surface area (TPSA) is 56.7 Å². The monoisotopic (exact) mass is 569 g/mol. The number of aromatic nitrogens is 4. The Morgan fingerprint density at radius 3 is 1.98 bits per heavy atom. The zero-order valence-corrected chi connectivity index (χ0v) is 23.2. The maximum Gasteiger partial charge on any atom is 0.238 e. The highest BCUT2D eigenvalue weighted by Crippen LogP contribution is 2.38. The molecular formula is C39H24N4O. The summed E-state index contributed by atoms with van der Waals surface area (Å²) in [6.07, 6.45) is 0. The van der Waals surface area contributed by atoms with Crippen LogP contribution < -0.4 is 0 Å². The molecule has 9 rings (SSSR count). The predicted octanol–water partition coefficient (Wildman–Crippen LogP) is 9.87. The SMILES string of the molecule is [2H]c1c([2H])c([2H])c(-c2ccc3c(c2)oc2c(-c4nc(-c5ccccc5)nc(-n5c6ccccc6c6ccccc65)n4)cccc23)c([2H])c1[2H]. The lowest BCUT2D eigenvalue weighted by molar-refractivity contribution is 0.669. The molecule has 0 aliphatic rings. The van der Waals surface area contributed by atoms with Gasteiger partial charge in [-0.1, -0.05) is 115 Å². The third-order valence-electron chi connectivity index (χ3n) is 7.96. The highest BCUT2D eigenvalue weighted by molar-refractivity contribution is 6.10. The van der Waals surface area contributed by atoms with Gasteiger partial charge in [0.05, 0.1) is 23.5 Å². The van der Waals surface area contributed by atoms with Gasteiger partial charge in [-0.15, -0.1) is 0 Å². The molecule has 0 radical (unpaired) electrons. The van der Waals surface area contributed by atoms with Crippen molar-refractivity contribution >= 4 is 43.7 Å². The van der Waals surface area contributed by atoms with Crippen molar-refractivity contribution in [3.63, 3.8) is 0 Å². The van der Waals surface area contributed by atoms with Crippen molar-refractivity contribution in [2.75, 3.05) is 0 Å². The van der Waals surface area contributed by atoms with Crippen LogP contribution in [0.15, 0.2) is 150 Å². The summed E-state index contributed by atoms with van der Waals surface area (Å²) in [6, 6.07) is 35.6. The standard InChI is InChI=1S/C39H24N4O/c1-3-12-25(13-4-1)27-22-23-30-31-18-11-19-32(36(31)44-35(30)24-27)38-40-37(26-14-5-2-6-15-26)41-39(42-38)43-33-20-9-7-16-28(33)29-17-8-10-21-34(29)43/h1-24H/i1D,3D,4D,12D,13D. The van der Waals surface area contributed by atoms with Gasteiger partial charge in [0.25, 0.3) is 0 Å². The maximum absolute atomic E-state index is 8.48. The molecule has 0 fully saturated rings. The van der Waals surface area contributed by atoms with E-state index in [-0.39, 0.29) is 29.7 Å². The first-order valence-electron chi connectivity index (χ1n) is 16.7. The molecule has 44 heavy (non-hydrogen) atoms. The Morgan fingerprint density at radius 2 is 1.20 bits per heavy atom. The first-order chi connectivity index (χ1) is 23.9. The molecule has 0 aliphatic heterocycles. The Labute approximate surface area is 259 Å². The quantitative estimate of drug-likeness (QED) is 0.212. The molecule has 0 atom stereocenters. The minimum Gasteiger partial charge on any atom is -0.455 e. The van der Waals surface area contributed by atoms with Crippen molar-refractivity contribution in [1.29, 1.82) is 0 Å². The van der Waals surface area contributed by atoms with E-state index in [9.17, 15) is 0 Å². The molecule has 0 saturated carbocycles. The molecule has 0 aliphatic carbocycles. The molecule has 0 N–H and O–H groups in total. The summed E-state index contributed by atoms with van der Waals surface area (Å²) >= 11 is 0. The third kappa shape index (κ3) is 3.83. The minimum atomic E-state index is -0.430. The van der Waals surface area contributed by atoms with Gasteiger partial charge in [-0.25, -0.2) is 4.98 Å². The third-order valence-corrected chi connectivity index (χ3v) is 7.96. The molecule has 206 valence electrons. The number of fused-ring (bicyclic) bond motifs is 6. The molecule has 0 amide bonds. The van der Waals surface area contributed by atoms with E-state index in [1.54, 1.807) is 12.1 Å². The summed E-state index contributed by atoms with van der Waals surface area (Å²) in [5, 5.41) is 3.83. The van der Waals surface area contributed by atoms with Crippen LogP contribution in [0.3, 0.4) is 0 Å². The number of nitrogens with zero attached hydrogens (tertiary/aromatic N) is 4. The van der Waals surface area contributed by atoms with Crippen molar-refractivity contribution in [3.8, 4) is 39.9 Å². The largest absolute Gasteiger partial charge is 0.455 e. The van der Waals surface area contributed by atoms with E-state index in [0.29, 0.717) is 39.9 Å². The second-order valence-electron chi connectivity index (χ2n) is 10.5. The maximum atomic E-state index is 8.48. The minimum absolute atomic E-state index is 0.120. The van der Waals surface area contributed by atoms with Crippen LogP contribution in [0.4, 0.5) is 0 Å². The molecule has 0 saturated heterocycles. The molecule has 0 unspecified atom stereocenters. The van der Waals surface area contributed by atoms with Crippen molar-refractivity contribution < 1.29 is 11.3 Å². The summed E-state index contributed by atoms with van der Waals surface area (Å²) in [6.45, 7) is 0. The molecule has 9 aromatic rings. The Kier molecular flexibility index (Phi) is 4.42. The zero-order valence-electron chi connectivity index (χ0n) is 28.2. The number of furan rings is 1. The van der Waals surface area contributed by atoms with Crippen molar-refractivity contribution in [2.45, 2.75) is 0 Å². The van der Waals surface area contributed by atoms with Crippen LogP contribution in [0.2, 0.25) is 0 Å². The van der Waals surface area contributed by atoms with E-state index in [1.165, 1.54) is 0 Å². The molecular weight excluding hydrogens is 540 g/mol. The fourth-order valence-corrected chi connectivity index (χ4v) is 5.96. The van der Waals surface area contributed by atoms with Crippen LogP contribution in [-0.2, 0) is 0 Å². The van der Waals surface area contributed by atoms with E-state index >= 15 is 0 Å². The van der Waals surface area contributed by atoms with Crippen LogP contribution in [-0.4, -0.2) is 19.5 Å². The van der Waals surface area contributed by atoms with Crippen LogP contribution in [0, 0.1) is 0 Å². The first kappa shape index (κ1) is 19.9. The molecule has 0 bridgehead atoms. The van der Waals surface area contributed by atoms with Gasteiger partial charge < -0.3 is 4.42 Å². The van der Waals surface area contributed by atoms with Crippen molar-refractivity contribution in [3.05, 3.63) is 145 Å². The van der Waals surface area contributed by atoms with E-state index in [2.05, 4.69) is 28.8 Å². The van der Waals surface area contributed by atoms with Gasteiger partial charge in [0.2, 0.25) is 5.95 Å². The fraction of sp³-hybridized carbons (Fsp3) is 0. The normalized spacial score (nSPS) is 13.2. The lowest BCUT2D eigenvalue weighted by Crippen LogP contribution is -2.06. The number of benzene rings is 6. The van der Waals surface area contributed by atoms with Gasteiger partial charge in [-0.3, -0.25) is 4.57 Å². The van der Waals surface area contributed by atoms with Crippen LogP contribution in [0.5, 0.6) is 0 Å².